The van der Waals surface area contributed by atoms with Crippen molar-refractivity contribution in [1.29, 1.82) is 0 Å². The molecule has 0 spiro atoms. The number of carbonyl (C=O) groups is 2. The van der Waals surface area contributed by atoms with Gasteiger partial charge in [-0.2, -0.15) is 0 Å². The van der Waals surface area contributed by atoms with Crippen LogP contribution in [0, 0.1) is 17.3 Å². The molecule has 3 aliphatic carbocycles. The smallest absolute Gasteiger partial charge is 0.505 e. The molecule has 0 heterocycles. The molecule has 5 atom stereocenters. The Bertz CT molecular complexity index is 1520. The third-order valence-corrected chi connectivity index (χ3v) is 12.3. The molecule has 2 aromatic rings. The third-order valence-electron chi connectivity index (χ3n) is 10.9. The number of aromatic hydroxyl groups is 1. The maximum atomic E-state index is 13.5. The molecule has 0 aliphatic heterocycles. The summed E-state index contributed by atoms with van der Waals surface area (Å²) >= 11 is 0. The van der Waals surface area contributed by atoms with Gasteiger partial charge in [0, 0.05) is 0 Å². The molecule has 0 saturated heterocycles. The number of methoxy groups -OCH3 is 1. The van der Waals surface area contributed by atoms with Crippen molar-refractivity contribution in [2.24, 2.45) is 23.0 Å². The van der Waals surface area contributed by atoms with Gasteiger partial charge in [-0.15, -0.1) is 0 Å². The van der Waals surface area contributed by atoms with Gasteiger partial charge < -0.3 is 30.2 Å². The number of nitrogens with one attached hydrogen (secondary N) is 1. The van der Waals surface area contributed by atoms with E-state index in [2.05, 4.69) is 32.2 Å². The zero-order valence-corrected chi connectivity index (χ0v) is 30.2. The normalized spacial score (nSPS) is 24.4. The van der Waals surface area contributed by atoms with Crippen LogP contribution >= 0.6 is 7.82 Å². The van der Waals surface area contributed by atoms with Gasteiger partial charge >= 0.3 is 7.82 Å². The Labute approximate surface area is 290 Å². The number of phosphoric ester groups is 1. The van der Waals surface area contributed by atoms with E-state index in [9.17, 15) is 19.3 Å². The first kappa shape index (κ1) is 37.2. The second-order valence-corrected chi connectivity index (χ2v) is 15.5. The summed E-state index contributed by atoms with van der Waals surface area (Å²) < 4.78 is 42.2. The summed E-state index contributed by atoms with van der Waals surface area (Å²) in [6.07, 6.45) is 9.76. The Morgan fingerprint density at radius 3 is 2.43 bits per heavy atom. The number of rotatable bonds is 17. The summed E-state index contributed by atoms with van der Waals surface area (Å²) in [6.45, 7) is 7.39. The summed E-state index contributed by atoms with van der Waals surface area (Å²) in [5.41, 5.74) is 7.95. The standard InChI is InChI=1S/C37H53N2O9P/c1-5-7-20-46-49(43,47-21-8-6-2)48-25-10-12-26-24(23-25)9-11-28-27(26)17-19-37(3)29(28)13-16-32(37)45-22-18-33(40)39-30-14-15-31(44-4)34(35(30)41)36(38)42/h10,12,14-15,23,27-29,32,41H,5-9,11,13,16-22H2,1-4H3,(H2,38,42)(H,39,40)/t27?,28?,29?,32-,37?/m1/s1. The predicted octanol–water partition coefficient (Wildman–Crippen LogP) is 7.89. The van der Waals surface area contributed by atoms with Crippen LogP contribution in [0.2, 0.25) is 0 Å². The Balaban J connectivity index is 1.18. The molecule has 2 saturated carbocycles. The van der Waals surface area contributed by atoms with Crippen molar-refractivity contribution in [2.45, 2.75) is 103 Å². The van der Waals surface area contributed by atoms with Gasteiger partial charge in [0.2, 0.25) is 5.91 Å². The number of benzene rings is 2. The number of hydrogen-bond donors (Lipinski definition) is 3. The number of anilines is 1. The number of ether oxygens (including phenoxy) is 2. The van der Waals surface area contributed by atoms with Crippen molar-refractivity contribution < 1.29 is 42.3 Å². The van der Waals surface area contributed by atoms with Gasteiger partial charge in [-0.1, -0.05) is 39.7 Å². The molecule has 5 rings (SSSR count). The van der Waals surface area contributed by atoms with Gasteiger partial charge in [0.1, 0.15) is 17.1 Å². The van der Waals surface area contributed by atoms with E-state index in [1.54, 1.807) is 0 Å². The number of aryl methyl sites for hydroxylation is 1. The largest absolute Gasteiger partial charge is 0.530 e. The van der Waals surface area contributed by atoms with Crippen molar-refractivity contribution in [3.05, 3.63) is 47.0 Å². The number of fused-ring (bicyclic) bond motifs is 5. The lowest BCUT2D eigenvalue weighted by molar-refractivity contribution is -0.119. The molecule has 0 aromatic heterocycles. The number of unbranched alkanes of at least 4 members (excludes halogenated alkanes) is 2. The summed E-state index contributed by atoms with van der Waals surface area (Å²) in [5.74, 6) is 0.589. The first-order valence-electron chi connectivity index (χ1n) is 17.9. The second-order valence-electron chi connectivity index (χ2n) is 13.9. The Hall–Kier alpha value is -3.11. The van der Waals surface area contributed by atoms with Crippen LogP contribution in [-0.2, 0) is 29.6 Å². The minimum Gasteiger partial charge on any atom is -0.505 e. The maximum Gasteiger partial charge on any atom is 0.530 e. The highest BCUT2D eigenvalue weighted by molar-refractivity contribution is 7.48. The van der Waals surface area contributed by atoms with Crippen LogP contribution in [0.5, 0.6) is 17.2 Å². The fraction of sp³-hybridized carbons (Fsp3) is 0.622. The predicted molar refractivity (Wildman–Crippen MR) is 187 cm³/mol. The molecule has 0 radical (unpaired) electrons. The van der Waals surface area contributed by atoms with E-state index in [1.807, 2.05) is 12.1 Å². The van der Waals surface area contributed by atoms with Crippen molar-refractivity contribution in [2.75, 3.05) is 32.2 Å². The van der Waals surface area contributed by atoms with E-state index in [0.29, 0.717) is 36.7 Å². The van der Waals surface area contributed by atoms with Gasteiger partial charge in [-0.05, 0) is 110 Å². The van der Waals surface area contributed by atoms with Crippen molar-refractivity contribution in [3.63, 3.8) is 0 Å². The maximum absolute atomic E-state index is 13.5. The highest BCUT2D eigenvalue weighted by Crippen LogP contribution is 2.62. The van der Waals surface area contributed by atoms with E-state index in [1.165, 1.54) is 30.4 Å². The number of primary amides is 1. The average Bonchev–Trinajstić information content (AvgIpc) is 3.41. The van der Waals surface area contributed by atoms with Gasteiger partial charge in [-0.25, -0.2) is 4.57 Å². The first-order chi connectivity index (χ1) is 23.5. The lowest BCUT2D eigenvalue weighted by atomic mass is 9.55. The molecule has 2 aromatic carbocycles. The molecule has 0 bridgehead atoms. The quantitative estimate of drug-likeness (QED) is 0.0849. The molecule has 12 heteroatoms. The summed E-state index contributed by atoms with van der Waals surface area (Å²) in [6, 6.07) is 9.05. The molecule has 270 valence electrons. The lowest BCUT2D eigenvalue weighted by Crippen LogP contribution is -2.44. The van der Waals surface area contributed by atoms with E-state index in [4.69, 9.17) is 28.8 Å². The number of phenols is 1. The molecule has 49 heavy (non-hydrogen) atoms. The fourth-order valence-corrected chi connectivity index (χ4v) is 9.55. The SMILES string of the molecule is CCCCOP(=O)(OCCCC)Oc1ccc2c(c1)CCC1C2CCC2(C)C1CC[C@H]2OCCC(=O)Nc1ccc(OC)c(C(N)=O)c1O. The molecule has 3 aliphatic rings. The van der Waals surface area contributed by atoms with E-state index >= 15 is 0 Å². The molecule has 4 unspecified atom stereocenters. The highest BCUT2D eigenvalue weighted by atomic mass is 31.2. The van der Waals surface area contributed by atoms with Crippen LogP contribution in [0.15, 0.2) is 30.3 Å². The molecule has 11 nitrogen and oxygen atoms in total. The van der Waals surface area contributed by atoms with Crippen LogP contribution in [0.3, 0.4) is 0 Å². The van der Waals surface area contributed by atoms with Crippen molar-refractivity contribution in [3.8, 4) is 17.2 Å². The lowest BCUT2D eigenvalue weighted by Gasteiger charge is -2.50. The summed E-state index contributed by atoms with van der Waals surface area (Å²) in [7, 11) is -2.34. The Kier molecular flexibility index (Phi) is 12.3. The molecule has 2 fully saturated rings. The van der Waals surface area contributed by atoms with E-state index in [0.717, 1.165) is 64.2 Å². The molecule has 2 amide bonds. The summed E-state index contributed by atoms with van der Waals surface area (Å²) in [4.78, 5) is 24.6. The highest BCUT2D eigenvalue weighted by Gasteiger charge is 2.55. The number of nitrogens with two attached hydrogens (primary N) is 1. The number of hydrogen-bond acceptors (Lipinski definition) is 9. The second kappa shape index (κ2) is 16.3. The zero-order chi connectivity index (χ0) is 35.2. The minimum atomic E-state index is -3.71. The average molecular weight is 701 g/mol. The number of carbonyl (C=O) groups excluding carboxylic acids is 2. The zero-order valence-electron chi connectivity index (χ0n) is 29.3. The fourth-order valence-electron chi connectivity index (χ4n) is 8.29. The third kappa shape index (κ3) is 8.28. The van der Waals surface area contributed by atoms with Crippen LogP contribution in [0.4, 0.5) is 5.69 Å². The van der Waals surface area contributed by atoms with Crippen LogP contribution in [-0.4, -0.2) is 50.0 Å². The Morgan fingerprint density at radius 1 is 1.02 bits per heavy atom. The monoisotopic (exact) mass is 700 g/mol. The van der Waals surface area contributed by atoms with Crippen LogP contribution < -0.4 is 20.3 Å². The van der Waals surface area contributed by atoms with Crippen LogP contribution in [0.1, 0.15) is 112 Å². The molecular formula is C37H53N2O9P. The Morgan fingerprint density at radius 2 is 1.76 bits per heavy atom. The first-order valence-corrected chi connectivity index (χ1v) is 19.3. The van der Waals surface area contributed by atoms with E-state index in [-0.39, 0.29) is 47.5 Å². The van der Waals surface area contributed by atoms with Gasteiger partial charge in [0.05, 0.1) is 45.1 Å². The van der Waals surface area contributed by atoms with Crippen LogP contribution in [0.25, 0.3) is 0 Å². The number of amides is 2. The minimum absolute atomic E-state index is 0.0289. The number of phosphoric acid groups is 1. The van der Waals surface area contributed by atoms with Gasteiger partial charge in [-0.3, -0.25) is 18.6 Å². The molecular weight excluding hydrogens is 647 g/mol. The molecule has 4 N–H and O–H groups in total. The summed E-state index contributed by atoms with van der Waals surface area (Å²) in [5, 5.41) is 13.2. The van der Waals surface area contributed by atoms with Gasteiger partial charge in [0.15, 0.2) is 5.75 Å². The van der Waals surface area contributed by atoms with Gasteiger partial charge in [0.25, 0.3) is 5.91 Å². The van der Waals surface area contributed by atoms with Crippen molar-refractivity contribution in [1.82, 2.24) is 0 Å². The van der Waals surface area contributed by atoms with E-state index < -0.39 is 19.5 Å². The van der Waals surface area contributed by atoms with Crippen molar-refractivity contribution >= 4 is 25.3 Å². The topological polar surface area (TPSA) is 156 Å².